The van der Waals surface area contributed by atoms with E-state index in [-0.39, 0.29) is 29.6 Å². The summed E-state index contributed by atoms with van der Waals surface area (Å²) in [4.78, 5) is 12.5. The van der Waals surface area contributed by atoms with Gasteiger partial charge in [-0.15, -0.1) is 0 Å². The second-order valence-corrected chi connectivity index (χ2v) is 6.46. The van der Waals surface area contributed by atoms with Crippen molar-refractivity contribution in [1.82, 2.24) is 5.32 Å². The maximum atomic E-state index is 13.0. The molecular weight excluding hydrogens is 293 g/mol. The minimum absolute atomic E-state index is 0.0277. The summed E-state index contributed by atoms with van der Waals surface area (Å²) < 4.78 is 13.0. The van der Waals surface area contributed by atoms with Crippen LogP contribution in [-0.2, 0) is 11.2 Å². The number of carbonyl (C=O) groups is 1. The van der Waals surface area contributed by atoms with E-state index in [1.165, 1.54) is 12.1 Å². The van der Waals surface area contributed by atoms with Gasteiger partial charge >= 0.3 is 0 Å². The Morgan fingerprint density at radius 1 is 1.13 bits per heavy atom. The number of fused-ring (bicyclic) bond motifs is 1. The van der Waals surface area contributed by atoms with E-state index in [1.54, 1.807) is 12.1 Å². The van der Waals surface area contributed by atoms with Crippen molar-refractivity contribution in [2.45, 2.75) is 30.9 Å². The molecule has 4 atom stereocenters. The predicted octanol–water partition coefficient (Wildman–Crippen LogP) is 2.70. The van der Waals surface area contributed by atoms with Crippen molar-refractivity contribution in [3.63, 3.8) is 0 Å². The van der Waals surface area contributed by atoms with Crippen molar-refractivity contribution >= 4 is 5.91 Å². The summed E-state index contributed by atoms with van der Waals surface area (Å²) in [6, 6.07) is 13.8. The van der Waals surface area contributed by atoms with Crippen LogP contribution in [0.2, 0.25) is 0 Å². The third kappa shape index (κ3) is 2.63. The van der Waals surface area contributed by atoms with Crippen LogP contribution in [-0.4, -0.2) is 17.1 Å². The zero-order chi connectivity index (χ0) is 16.0. The fourth-order valence-electron chi connectivity index (χ4n) is 3.57. The van der Waals surface area contributed by atoms with E-state index in [0.29, 0.717) is 6.42 Å². The third-order valence-electron chi connectivity index (χ3n) is 4.93. The van der Waals surface area contributed by atoms with E-state index in [9.17, 15) is 14.3 Å². The minimum Gasteiger partial charge on any atom is -0.390 e. The number of aliphatic hydroxyl groups excluding tert-OH is 1. The molecule has 0 saturated heterocycles. The number of halogens is 1. The highest BCUT2D eigenvalue weighted by atomic mass is 19.1. The molecule has 2 aliphatic carbocycles. The lowest BCUT2D eigenvalue weighted by Gasteiger charge is -2.18. The molecule has 0 spiro atoms. The van der Waals surface area contributed by atoms with Crippen LogP contribution in [0.1, 0.15) is 35.1 Å². The molecule has 118 valence electrons. The number of rotatable bonds is 3. The molecule has 1 fully saturated rings. The van der Waals surface area contributed by atoms with Crippen molar-refractivity contribution < 1.29 is 14.3 Å². The summed E-state index contributed by atoms with van der Waals surface area (Å²) in [5.74, 6) is -0.217. The molecule has 4 rings (SSSR count). The monoisotopic (exact) mass is 311 g/mol. The van der Waals surface area contributed by atoms with Crippen LogP contribution in [0.4, 0.5) is 4.39 Å². The van der Waals surface area contributed by atoms with Gasteiger partial charge in [-0.3, -0.25) is 4.79 Å². The summed E-state index contributed by atoms with van der Waals surface area (Å²) in [5, 5.41) is 13.2. The third-order valence-corrected chi connectivity index (χ3v) is 4.93. The number of aliphatic hydroxyl groups is 1. The van der Waals surface area contributed by atoms with Gasteiger partial charge in [0.05, 0.1) is 12.1 Å². The molecule has 2 aromatic rings. The smallest absolute Gasteiger partial charge is 0.224 e. The van der Waals surface area contributed by atoms with E-state index in [4.69, 9.17) is 0 Å². The summed E-state index contributed by atoms with van der Waals surface area (Å²) in [5.41, 5.74) is 3.10. The lowest BCUT2D eigenvalue weighted by molar-refractivity contribution is -0.123. The summed E-state index contributed by atoms with van der Waals surface area (Å²) in [6.07, 6.45) is 0.786. The molecule has 0 unspecified atom stereocenters. The number of carbonyl (C=O) groups excluding carboxylic acids is 1. The quantitative estimate of drug-likeness (QED) is 0.915. The molecule has 1 saturated carbocycles. The standard InChI is InChI=1S/C19H18FNO2/c20-13-7-5-11(6-8-13)15-10-16(15)19(23)21-18-14-4-2-1-3-12(14)9-17(18)22/h1-8,15-18,22H,9-10H2,(H,21,23)/t15-,16-,17-,18+/m0/s1. The first-order valence-electron chi connectivity index (χ1n) is 7.95. The first kappa shape index (κ1) is 14.4. The van der Waals surface area contributed by atoms with Gasteiger partial charge in [-0.2, -0.15) is 0 Å². The SMILES string of the molecule is O=C(N[C@@H]1c2ccccc2C[C@@H]1O)[C@H]1C[C@H]1c1ccc(F)cc1. The molecule has 0 aliphatic heterocycles. The van der Waals surface area contributed by atoms with Crippen LogP contribution in [0.15, 0.2) is 48.5 Å². The molecule has 23 heavy (non-hydrogen) atoms. The lowest BCUT2D eigenvalue weighted by atomic mass is 10.1. The topological polar surface area (TPSA) is 49.3 Å². The van der Waals surface area contributed by atoms with Gasteiger partial charge in [0.25, 0.3) is 0 Å². The fraction of sp³-hybridized carbons (Fsp3) is 0.316. The molecule has 2 aliphatic rings. The van der Waals surface area contributed by atoms with Crippen molar-refractivity contribution in [3.8, 4) is 0 Å². The van der Waals surface area contributed by atoms with Gasteiger partial charge in [0.15, 0.2) is 0 Å². The fourth-order valence-corrected chi connectivity index (χ4v) is 3.57. The highest BCUT2D eigenvalue weighted by Gasteiger charge is 2.45. The van der Waals surface area contributed by atoms with Gasteiger partial charge in [-0.1, -0.05) is 36.4 Å². The Balaban J connectivity index is 1.44. The highest BCUT2D eigenvalue weighted by molar-refractivity contribution is 5.83. The van der Waals surface area contributed by atoms with E-state index < -0.39 is 6.10 Å². The highest BCUT2D eigenvalue weighted by Crippen LogP contribution is 2.48. The Morgan fingerprint density at radius 3 is 2.65 bits per heavy atom. The molecule has 3 nitrogen and oxygen atoms in total. The van der Waals surface area contributed by atoms with E-state index in [1.807, 2.05) is 24.3 Å². The first-order valence-corrected chi connectivity index (χ1v) is 7.95. The number of amides is 1. The van der Waals surface area contributed by atoms with Gasteiger partial charge in [0.1, 0.15) is 5.82 Å². The molecule has 0 radical (unpaired) electrons. The van der Waals surface area contributed by atoms with Crippen LogP contribution in [0.3, 0.4) is 0 Å². The Morgan fingerprint density at radius 2 is 1.87 bits per heavy atom. The van der Waals surface area contributed by atoms with E-state index in [0.717, 1.165) is 23.1 Å². The summed E-state index contributed by atoms with van der Waals surface area (Å²) in [6.45, 7) is 0. The van der Waals surface area contributed by atoms with Gasteiger partial charge in [-0.05, 0) is 41.2 Å². The van der Waals surface area contributed by atoms with Crippen LogP contribution >= 0.6 is 0 Å². The van der Waals surface area contributed by atoms with E-state index >= 15 is 0 Å². The zero-order valence-electron chi connectivity index (χ0n) is 12.6. The molecule has 4 heteroatoms. The van der Waals surface area contributed by atoms with Gasteiger partial charge in [-0.25, -0.2) is 4.39 Å². The normalized spacial score (nSPS) is 28.3. The Hall–Kier alpha value is -2.20. The van der Waals surface area contributed by atoms with Gasteiger partial charge < -0.3 is 10.4 Å². The summed E-state index contributed by atoms with van der Waals surface area (Å²) in [7, 11) is 0. The predicted molar refractivity (Wildman–Crippen MR) is 84.3 cm³/mol. The van der Waals surface area contributed by atoms with Crippen LogP contribution in [0.25, 0.3) is 0 Å². The van der Waals surface area contributed by atoms with Crippen LogP contribution < -0.4 is 5.32 Å². The second kappa shape index (κ2) is 5.46. The van der Waals surface area contributed by atoms with Gasteiger partial charge in [0, 0.05) is 12.3 Å². The average Bonchev–Trinajstić information content (AvgIpc) is 3.28. The van der Waals surface area contributed by atoms with Crippen molar-refractivity contribution in [3.05, 3.63) is 71.0 Å². The molecule has 0 heterocycles. The zero-order valence-corrected chi connectivity index (χ0v) is 12.6. The molecule has 0 bridgehead atoms. The Labute approximate surface area is 134 Å². The minimum atomic E-state index is -0.570. The number of nitrogens with one attached hydrogen (secondary N) is 1. The van der Waals surface area contributed by atoms with Crippen molar-refractivity contribution in [2.75, 3.05) is 0 Å². The molecular formula is C19H18FNO2. The van der Waals surface area contributed by atoms with Crippen molar-refractivity contribution in [2.24, 2.45) is 5.92 Å². The second-order valence-electron chi connectivity index (χ2n) is 6.46. The largest absolute Gasteiger partial charge is 0.390 e. The number of benzene rings is 2. The maximum absolute atomic E-state index is 13.0. The molecule has 0 aromatic heterocycles. The number of hydrogen-bond acceptors (Lipinski definition) is 2. The number of hydrogen-bond donors (Lipinski definition) is 2. The Bertz CT molecular complexity index is 743. The molecule has 1 amide bonds. The van der Waals surface area contributed by atoms with Crippen molar-refractivity contribution in [1.29, 1.82) is 0 Å². The van der Waals surface area contributed by atoms with E-state index in [2.05, 4.69) is 5.32 Å². The summed E-state index contributed by atoms with van der Waals surface area (Å²) >= 11 is 0. The lowest BCUT2D eigenvalue weighted by Crippen LogP contribution is -2.35. The van der Waals surface area contributed by atoms with Crippen LogP contribution in [0.5, 0.6) is 0 Å². The van der Waals surface area contributed by atoms with Crippen LogP contribution in [0, 0.1) is 11.7 Å². The Kier molecular flexibility index (Phi) is 3.42. The maximum Gasteiger partial charge on any atom is 0.224 e. The average molecular weight is 311 g/mol. The van der Waals surface area contributed by atoms with Gasteiger partial charge in [0.2, 0.25) is 5.91 Å². The molecule has 2 aromatic carbocycles. The first-order chi connectivity index (χ1) is 11.1. The molecule has 2 N–H and O–H groups in total.